The summed E-state index contributed by atoms with van der Waals surface area (Å²) in [7, 11) is 0. The van der Waals surface area contributed by atoms with Gasteiger partial charge in [0.25, 0.3) is 0 Å². The Morgan fingerprint density at radius 1 is 1.14 bits per heavy atom. The molecule has 8 aliphatic rings. The predicted octanol–water partition coefficient (Wildman–Crippen LogP) is 4.08. The van der Waals surface area contributed by atoms with E-state index in [4.69, 9.17) is 4.74 Å². The van der Waals surface area contributed by atoms with E-state index in [1.165, 1.54) is 16.8 Å². The molecule has 0 radical (unpaired) electrons. The van der Waals surface area contributed by atoms with Gasteiger partial charge in [0.2, 0.25) is 5.91 Å². The standard InChI is InChI=1S/C30H28N2O3/c33-25-15-22-20-10-13-35-24-16-26(34)32-28-19(14-18-4-1-5-18)6-2-9-23(28)30(25,29(32)27(22)24)11-12-31(17-20)21-7-3-8-21/h1-4,6-10,14,22,24,27,29H,5,11-13,15-17H2/b18-14-/t22-,24-,27-,29?,30?/m0/s1. The van der Waals surface area contributed by atoms with Gasteiger partial charge in [0.05, 0.1) is 36.3 Å². The minimum absolute atomic E-state index is 0.104. The molecule has 5 atom stereocenters. The summed E-state index contributed by atoms with van der Waals surface area (Å²) in [6, 6.07) is 6.16. The molecule has 1 aromatic carbocycles. The highest BCUT2D eigenvalue weighted by Crippen LogP contribution is 2.61. The first-order valence-corrected chi connectivity index (χ1v) is 12.9. The van der Waals surface area contributed by atoms with Crippen LogP contribution in [0.5, 0.6) is 0 Å². The molecule has 176 valence electrons. The predicted molar refractivity (Wildman–Crippen MR) is 134 cm³/mol. The monoisotopic (exact) mass is 464 g/mol. The molecule has 0 N–H and O–H groups in total. The molecule has 9 rings (SSSR count). The van der Waals surface area contributed by atoms with Crippen molar-refractivity contribution in [3.05, 3.63) is 82.6 Å². The van der Waals surface area contributed by atoms with Crippen LogP contribution < -0.4 is 4.90 Å². The number of ether oxygens (including phenoxy) is 1. The zero-order chi connectivity index (χ0) is 23.3. The van der Waals surface area contributed by atoms with Crippen LogP contribution in [-0.4, -0.2) is 48.4 Å². The lowest BCUT2D eigenvalue weighted by Crippen LogP contribution is -2.66. The van der Waals surface area contributed by atoms with E-state index in [9.17, 15) is 9.59 Å². The second-order valence-corrected chi connectivity index (χ2v) is 11.0. The van der Waals surface area contributed by atoms with Gasteiger partial charge >= 0.3 is 0 Å². The minimum Gasteiger partial charge on any atom is -0.373 e. The topological polar surface area (TPSA) is 49.9 Å². The summed E-state index contributed by atoms with van der Waals surface area (Å²) in [4.78, 5) is 32.7. The van der Waals surface area contributed by atoms with Crippen molar-refractivity contribution >= 4 is 23.5 Å². The van der Waals surface area contributed by atoms with E-state index in [0.717, 1.165) is 42.7 Å². The summed E-state index contributed by atoms with van der Waals surface area (Å²) in [5.41, 5.74) is 6.25. The lowest BCUT2D eigenvalue weighted by molar-refractivity contribution is -0.140. The molecule has 3 aliphatic carbocycles. The number of anilines is 1. The van der Waals surface area contributed by atoms with E-state index >= 15 is 0 Å². The molecule has 5 heterocycles. The van der Waals surface area contributed by atoms with Crippen molar-refractivity contribution < 1.29 is 14.3 Å². The highest BCUT2D eigenvalue weighted by molar-refractivity contribution is 6.08. The van der Waals surface area contributed by atoms with Crippen molar-refractivity contribution in [1.29, 1.82) is 0 Å². The molecule has 1 saturated carbocycles. The normalized spacial score (nSPS) is 37.1. The van der Waals surface area contributed by atoms with Crippen molar-refractivity contribution in [2.75, 3.05) is 24.6 Å². The smallest absolute Gasteiger partial charge is 0.229 e. The van der Waals surface area contributed by atoms with Gasteiger partial charge in [-0.3, -0.25) is 9.59 Å². The summed E-state index contributed by atoms with van der Waals surface area (Å²) >= 11 is 0. The number of amides is 1. The summed E-state index contributed by atoms with van der Waals surface area (Å²) in [6.07, 6.45) is 17.6. The van der Waals surface area contributed by atoms with Crippen molar-refractivity contribution in [1.82, 2.24) is 4.90 Å². The van der Waals surface area contributed by atoms with Gasteiger partial charge in [-0.25, -0.2) is 0 Å². The summed E-state index contributed by atoms with van der Waals surface area (Å²) in [5.74, 6) is 0.676. The second-order valence-electron chi connectivity index (χ2n) is 11.0. The van der Waals surface area contributed by atoms with E-state index < -0.39 is 5.41 Å². The molecular formula is C30H28N2O3. The van der Waals surface area contributed by atoms with Gasteiger partial charge in [0.15, 0.2) is 0 Å². The Hall–Kier alpha value is -3.18. The Kier molecular flexibility index (Phi) is 3.98. The van der Waals surface area contributed by atoms with Gasteiger partial charge in [-0.05, 0) is 59.3 Å². The first kappa shape index (κ1) is 20.1. The summed E-state index contributed by atoms with van der Waals surface area (Å²) in [5, 5.41) is 0. The summed E-state index contributed by atoms with van der Waals surface area (Å²) in [6.45, 7) is 2.16. The highest BCUT2D eigenvalue weighted by Gasteiger charge is 2.68. The van der Waals surface area contributed by atoms with Gasteiger partial charge in [0, 0.05) is 31.1 Å². The molecule has 4 bridgehead atoms. The third-order valence-electron chi connectivity index (χ3n) is 9.58. The molecule has 1 aromatic rings. The number of benzene rings is 1. The molecule has 1 amide bonds. The number of Topliss-reactive ketones (excluding diaryl/α,β-unsaturated/α-hetero) is 1. The minimum atomic E-state index is -0.676. The Morgan fingerprint density at radius 3 is 2.80 bits per heavy atom. The quantitative estimate of drug-likeness (QED) is 0.619. The molecule has 2 unspecified atom stereocenters. The molecule has 35 heavy (non-hydrogen) atoms. The molecule has 4 fully saturated rings. The maximum absolute atomic E-state index is 14.4. The number of para-hydroxylation sites is 1. The van der Waals surface area contributed by atoms with Crippen LogP contribution in [0.3, 0.4) is 0 Å². The van der Waals surface area contributed by atoms with Crippen molar-refractivity contribution in [3.63, 3.8) is 0 Å². The zero-order valence-corrected chi connectivity index (χ0v) is 19.7. The Bertz CT molecular complexity index is 1350. The fraction of sp³-hybridized carbons (Fsp3) is 0.400. The summed E-state index contributed by atoms with van der Waals surface area (Å²) < 4.78 is 6.37. The van der Waals surface area contributed by atoms with Crippen molar-refractivity contribution in [2.45, 2.75) is 43.2 Å². The van der Waals surface area contributed by atoms with Gasteiger partial charge in [-0.15, -0.1) is 0 Å². The van der Waals surface area contributed by atoms with Crippen LogP contribution >= 0.6 is 0 Å². The van der Waals surface area contributed by atoms with Crippen LogP contribution in [0.2, 0.25) is 0 Å². The number of carbonyl (C=O) groups is 2. The Morgan fingerprint density at radius 2 is 2.03 bits per heavy atom. The fourth-order valence-electron chi connectivity index (χ4n) is 7.90. The van der Waals surface area contributed by atoms with Crippen LogP contribution in [0.4, 0.5) is 5.69 Å². The van der Waals surface area contributed by atoms with Crippen molar-refractivity contribution in [2.24, 2.45) is 11.8 Å². The van der Waals surface area contributed by atoms with Gasteiger partial charge < -0.3 is 14.5 Å². The first-order valence-electron chi connectivity index (χ1n) is 12.9. The molecule has 0 aromatic heterocycles. The number of rotatable bonds is 2. The number of piperidine rings is 1. The molecule has 5 nitrogen and oxygen atoms in total. The number of fused-ring (bicyclic) bond motifs is 6. The molecule has 1 spiro atoms. The van der Waals surface area contributed by atoms with Crippen LogP contribution in [0, 0.1) is 11.8 Å². The molecule has 5 aliphatic heterocycles. The first-order chi connectivity index (χ1) is 17.1. The number of hydrogen-bond donors (Lipinski definition) is 0. The largest absolute Gasteiger partial charge is 0.373 e. The van der Waals surface area contributed by atoms with Gasteiger partial charge in [0.1, 0.15) is 5.78 Å². The second kappa shape index (κ2) is 6.94. The number of ketones is 1. The third-order valence-corrected chi connectivity index (χ3v) is 9.58. The van der Waals surface area contributed by atoms with Gasteiger partial charge in [-0.2, -0.15) is 0 Å². The van der Waals surface area contributed by atoms with Crippen molar-refractivity contribution in [3.8, 4) is 0 Å². The third kappa shape index (κ3) is 2.52. The fourth-order valence-corrected chi connectivity index (χ4v) is 7.90. The van der Waals surface area contributed by atoms with E-state index in [1.807, 2.05) is 0 Å². The van der Waals surface area contributed by atoms with Crippen LogP contribution in [0.1, 0.15) is 36.8 Å². The lowest BCUT2D eigenvalue weighted by Gasteiger charge is -2.53. The van der Waals surface area contributed by atoms with E-state index in [1.54, 1.807) is 0 Å². The van der Waals surface area contributed by atoms with E-state index in [0.29, 0.717) is 25.2 Å². The lowest BCUT2D eigenvalue weighted by atomic mass is 9.55. The average Bonchev–Trinajstić information content (AvgIpc) is 3.04. The maximum atomic E-state index is 14.4. The average molecular weight is 465 g/mol. The number of nitrogens with zero attached hydrogens (tertiary/aromatic N) is 2. The number of hydrogen-bond acceptors (Lipinski definition) is 4. The SMILES string of the molecule is O=C1C[C@@H]2OCC=C3CN(C4=CC=C4)CCC45C(=O)C[C@@H]3[C@@H]2C4N1c1c(/C=C2/C=CC2)cccc15. The molecule has 5 heteroatoms. The van der Waals surface area contributed by atoms with Crippen LogP contribution in [-0.2, 0) is 19.7 Å². The highest BCUT2D eigenvalue weighted by atomic mass is 16.5. The maximum Gasteiger partial charge on any atom is 0.229 e. The number of allylic oxidation sites excluding steroid dienone is 6. The molecular weight excluding hydrogens is 436 g/mol. The Labute approximate surface area is 205 Å². The van der Waals surface area contributed by atoms with E-state index in [-0.39, 0.29) is 29.9 Å². The van der Waals surface area contributed by atoms with Gasteiger partial charge in [-0.1, -0.05) is 42.5 Å². The van der Waals surface area contributed by atoms with Crippen LogP contribution in [0.15, 0.2) is 71.5 Å². The molecule has 3 saturated heterocycles. The number of carbonyl (C=O) groups excluding carboxylic acids is 2. The van der Waals surface area contributed by atoms with Crippen LogP contribution in [0.25, 0.3) is 6.08 Å². The Balaban J connectivity index is 1.38. The zero-order valence-electron chi connectivity index (χ0n) is 19.7. The van der Waals surface area contributed by atoms with E-state index in [2.05, 4.69) is 70.5 Å².